The maximum absolute atomic E-state index is 12.1. The average molecular weight is 331 g/mol. The Morgan fingerprint density at radius 3 is 2.71 bits per heavy atom. The van der Waals surface area contributed by atoms with Crippen LogP contribution >= 0.6 is 0 Å². The highest BCUT2D eigenvalue weighted by molar-refractivity contribution is 5.84. The monoisotopic (exact) mass is 331 g/mol. The van der Waals surface area contributed by atoms with Crippen LogP contribution in [0.2, 0.25) is 0 Å². The lowest BCUT2D eigenvalue weighted by molar-refractivity contribution is -0.121. The van der Waals surface area contributed by atoms with Gasteiger partial charge in [0.1, 0.15) is 0 Å². The van der Waals surface area contributed by atoms with Crippen LogP contribution in [0.5, 0.6) is 0 Å². The number of nitrogens with one attached hydrogen (secondary N) is 2. The first-order chi connectivity index (χ1) is 11.7. The fourth-order valence-corrected chi connectivity index (χ4v) is 3.32. The maximum atomic E-state index is 12.1. The second kappa shape index (κ2) is 7.79. The molecule has 1 aliphatic heterocycles. The van der Waals surface area contributed by atoms with Gasteiger partial charge in [-0.3, -0.25) is 4.79 Å². The number of amides is 1. The van der Waals surface area contributed by atoms with E-state index in [0.717, 1.165) is 37.0 Å². The van der Waals surface area contributed by atoms with Crippen molar-refractivity contribution in [1.29, 1.82) is 0 Å². The first kappa shape index (κ1) is 17.0. The number of carbonyl (C=O) groups excluding carboxylic acids is 1. The van der Waals surface area contributed by atoms with Gasteiger partial charge < -0.3 is 25.4 Å². The molecule has 2 aromatic rings. The number of hydrogen-bond acceptors (Lipinski definition) is 4. The summed E-state index contributed by atoms with van der Waals surface area (Å²) in [6.07, 6.45) is 4.61. The normalized spacial score (nSPS) is 16.0. The van der Waals surface area contributed by atoms with Crippen molar-refractivity contribution in [2.24, 2.45) is 0 Å². The number of rotatable bonds is 6. The van der Waals surface area contributed by atoms with Crippen molar-refractivity contribution in [1.82, 2.24) is 15.2 Å². The van der Waals surface area contributed by atoms with Crippen molar-refractivity contribution in [3.63, 3.8) is 0 Å². The Labute approximate surface area is 141 Å². The molecular formula is C18H25N3O3. The van der Waals surface area contributed by atoms with Gasteiger partial charge in [0.15, 0.2) is 0 Å². The molecule has 3 rings (SSSR count). The van der Waals surface area contributed by atoms with Gasteiger partial charge in [0.2, 0.25) is 5.91 Å². The highest BCUT2D eigenvalue weighted by Gasteiger charge is 2.17. The highest BCUT2D eigenvalue weighted by Crippen LogP contribution is 2.26. The van der Waals surface area contributed by atoms with Crippen LogP contribution < -0.4 is 10.6 Å². The summed E-state index contributed by atoms with van der Waals surface area (Å²) in [5.41, 5.74) is 2.09. The number of nitrogens with zero attached hydrogens (tertiary/aromatic N) is 1. The molecule has 0 radical (unpaired) electrons. The van der Waals surface area contributed by atoms with E-state index in [2.05, 4.69) is 33.5 Å². The van der Waals surface area contributed by atoms with Gasteiger partial charge in [0.25, 0.3) is 0 Å². The molecule has 0 bridgehead atoms. The Kier molecular flexibility index (Phi) is 5.50. The van der Waals surface area contributed by atoms with Gasteiger partial charge in [-0.1, -0.05) is 12.1 Å². The molecule has 1 saturated heterocycles. The predicted octanol–water partition coefficient (Wildman–Crippen LogP) is 0.578. The molecule has 1 fully saturated rings. The number of aromatic nitrogens is 1. The predicted molar refractivity (Wildman–Crippen MR) is 92.9 cm³/mol. The van der Waals surface area contributed by atoms with Crippen molar-refractivity contribution in [3.05, 3.63) is 36.0 Å². The van der Waals surface area contributed by atoms with Gasteiger partial charge in [0.05, 0.1) is 25.7 Å². The van der Waals surface area contributed by atoms with Gasteiger partial charge >= 0.3 is 0 Å². The molecule has 2 heterocycles. The lowest BCUT2D eigenvalue weighted by Gasteiger charge is -2.25. The third-order valence-corrected chi connectivity index (χ3v) is 4.66. The molecule has 6 heteroatoms. The third-order valence-electron chi connectivity index (χ3n) is 4.66. The fourth-order valence-electron chi connectivity index (χ4n) is 3.32. The summed E-state index contributed by atoms with van der Waals surface area (Å²) in [6.45, 7) is 1.55. The number of piperidine rings is 1. The number of aliphatic hydroxyl groups excluding tert-OH is 2. The summed E-state index contributed by atoms with van der Waals surface area (Å²) in [5, 5.41) is 25.3. The summed E-state index contributed by atoms with van der Waals surface area (Å²) < 4.78 is 2.32. The van der Waals surface area contributed by atoms with Crippen molar-refractivity contribution in [2.45, 2.75) is 31.3 Å². The van der Waals surface area contributed by atoms with Crippen molar-refractivity contribution >= 4 is 16.8 Å². The van der Waals surface area contributed by atoms with Crippen LogP contribution in [-0.2, 0) is 11.2 Å². The van der Waals surface area contributed by atoms with Gasteiger partial charge in [-0.2, -0.15) is 0 Å². The van der Waals surface area contributed by atoms with Crippen LogP contribution in [0.1, 0.15) is 24.4 Å². The van der Waals surface area contributed by atoms with Crippen molar-refractivity contribution in [2.75, 3.05) is 26.3 Å². The Hall–Kier alpha value is -1.89. The SMILES string of the molecule is O=C(Cc1ccc2ccn(C3CCNCC3)c2c1)NC(CO)CO. The summed E-state index contributed by atoms with van der Waals surface area (Å²) in [6, 6.07) is 8.10. The van der Waals surface area contributed by atoms with Gasteiger partial charge in [-0.05, 0) is 49.0 Å². The van der Waals surface area contributed by atoms with E-state index in [0.29, 0.717) is 6.04 Å². The molecule has 4 N–H and O–H groups in total. The Bertz CT molecular complexity index is 688. The van der Waals surface area contributed by atoms with E-state index in [-0.39, 0.29) is 25.5 Å². The largest absolute Gasteiger partial charge is 0.394 e. The number of fused-ring (bicyclic) bond motifs is 1. The zero-order valence-electron chi connectivity index (χ0n) is 13.7. The van der Waals surface area contributed by atoms with Crippen molar-refractivity contribution in [3.8, 4) is 0 Å². The minimum atomic E-state index is -0.597. The molecule has 6 nitrogen and oxygen atoms in total. The highest BCUT2D eigenvalue weighted by atomic mass is 16.3. The van der Waals surface area contributed by atoms with E-state index >= 15 is 0 Å². The van der Waals surface area contributed by atoms with Crippen LogP contribution in [0.3, 0.4) is 0 Å². The van der Waals surface area contributed by atoms with Gasteiger partial charge in [0, 0.05) is 17.8 Å². The molecule has 0 spiro atoms. The van der Waals surface area contributed by atoms with Crippen LogP contribution in [0.15, 0.2) is 30.5 Å². The number of aliphatic hydroxyl groups is 2. The zero-order chi connectivity index (χ0) is 16.9. The summed E-state index contributed by atoms with van der Waals surface area (Å²) in [5.74, 6) is -0.192. The van der Waals surface area contributed by atoms with Gasteiger partial charge in [-0.15, -0.1) is 0 Å². The molecule has 1 aliphatic rings. The molecular weight excluding hydrogens is 306 g/mol. The molecule has 24 heavy (non-hydrogen) atoms. The molecule has 1 aromatic heterocycles. The zero-order valence-corrected chi connectivity index (χ0v) is 13.7. The number of benzene rings is 1. The second-order valence-electron chi connectivity index (χ2n) is 6.40. The van der Waals surface area contributed by atoms with E-state index in [4.69, 9.17) is 10.2 Å². The standard InChI is InChI=1S/C18H25N3O3/c22-11-15(12-23)20-18(24)10-13-1-2-14-5-8-21(17(14)9-13)16-3-6-19-7-4-16/h1-2,5,8-9,15-16,19,22-23H,3-4,6-7,10-12H2,(H,20,24). The summed E-state index contributed by atoms with van der Waals surface area (Å²) in [4.78, 5) is 12.1. The average Bonchev–Trinajstić information content (AvgIpc) is 3.03. The molecule has 0 saturated carbocycles. The quantitative estimate of drug-likeness (QED) is 0.624. The van der Waals surface area contributed by atoms with E-state index < -0.39 is 6.04 Å². The molecule has 1 amide bonds. The third kappa shape index (κ3) is 3.77. The fraction of sp³-hybridized carbons (Fsp3) is 0.500. The van der Waals surface area contributed by atoms with E-state index in [1.54, 1.807) is 0 Å². The van der Waals surface area contributed by atoms with E-state index in [1.165, 1.54) is 5.39 Å². The molecule has 0 atom stereocenters. The Balaban J connectivity index is 1.76. The van der Waals surface area contributed by atoms with E-state index in [9.17, 15) is 4.79 Å². The first-order valence-corrected chi connectivity index (χ1v) is 8.52. The lowest BCUT2D eigenvalue weighted by atomic mass is 10.1. The van der Waals surface area contributed by atoms with E-state index in [1.807, 2.05) is 12.1 Å². The number of hydrogen-bond donors (Lipinski definition) is 4. The maximum Gasteiger partial charge on any atom is 0.224 e. The van der Waals surface area contributed by atoms with Gasteiger partial charge in [-0.25, -0.2) is 0 Å². The van der Waals surface area contributed by atoms with Crippen molar-refractivity contribution < 1.29 is 15.0 Å². The molecule has 0 aliphatic carbocycles. The van der Waals surface area contributed by atoms with Crippen LogP contribution in [0.4, 0.5) is 0 Å². The topological polar surface area (TPSA) is 86.5 Å². The molecule has 1 aromatic carbocycles. The van der Waals surface area contributed by atoms with Crippen LogP contribution in [0.25, 0.3) is 10.9 Å². The smallest absolute Gasteiger partial charge is 0.224 e. The summed E-state index contributed by atoms with van der Waals surface area (Å²) in [7, 11) is 0. The van der Waals surface area contributed by atoms with Crippen LogP contribution in [0, 0.1) is 0 Å². The number of carbonyl (C=O) groups is 1. The minimum Gasteiger partial charge on any atom is -0.394 e. The second-order valence-corrected chi connectivity index (χ2v) is 6.40. The molecule has 130 valence electrons. The first-order valence-electron chi connectivity index (χ1n) is 8.52. The minimum absolute atomic E-state index is 0.192. The molecule has 0 unspecified atom stereocenters. The lowest BCUT2D eigenvalue weighted by Crippen LogP contribution is -2.40. The summed E-state index contributed by atoms with van der Waals surface area (Å²) >= 11 is 0. The van der Waals surface area contributed by atoms with Crippen LogP contribution in [-0.4, -0.2) is 53.0 Å². The Morgan fingerprint density at radius 2 is 2.00 bits per heavy atom. The Morgan fingerprint density at radius 1 is 1.25 bits per heavy atom.